The fourth-order valence-corrected chi connectivity index (χ4v) is 2.45. The highest BCUT2D eigenvalue weighted by molar-refractivity contribution is 7.99. The van der Waals surface area contributed by atoms with Crippen LogP contribution in [0.3, 0.4) is 0 Å². The van der Waals surface area contributed by atoms with Crippen molar-refractivity contribution < 1.29 is 19.4 Å². The quantitative estimate of drug-likeness (QED) is 0.716. The average molecular weight is 218 g/mol. The topological polar surface area (TPSA) is 63.6 Å². The molecule has 0 aliphatic carbocycles. The summed E-state index contributed by atoms with van der Waals surface area (Å²) >= 11 is 1.51. The lowest BCUT2D eigenvalue weighted by atomic mass is 10.1. The van der Waals surface area contributed by atoms with Gasteiger partial charge in [-0.1, -0.05) is 13.8 Å². The molecule has 1 aliphatic heterocycles. The Kier molecular flexibility index (Phi) is 3.80. The van der Waals surface area contributed by atoms with Crippen LogP contribution in [-0.4, -0.2) is 34.7 Å². The molecule has 2 unspecified atom stereocenters. The van der Waals surface area contributed by atoms with Crippen molar-refractivity contribution in [3.8, 4) is 0 Å². The maximum atomic E-state index is 11.2. The summed E-state index contributed by atoms with van der Waals surface area (Å²) in [5.74, 6) is -0.807. The second-order valence-corrected chi connectivity index (χ2v) is 4.69. The first-order valence-electron chi connectivity index (χ1n) is 4.53. The molecule has 1 N–H and O–H groups in total. The van der Waals surface area contributed by atoms with Gasteiger partial charge in [-0.3, -0.25) is 9.59 Å². The van der Waals surface area contributed by atoms with Gasteiger partial charge >= 0.3 is 11.9 Å². The summed E-state index contributed by atoms with van der Waals surface area (Å²) in [4.78, 5) is 22.0. The summed E-state index contributed by atoms with van der Waals surface area (Å²) in [6.45, 7) is 3.47. The van der Waals surface area contributed by atoms with Crippen molar-refractivity contribution in [2.24, 2.45) is 11.8 Å². The van der Waals surface area contributed by atoms with Crippen molar-refractivity contribution in [1.29, 1.82) is 0 Å². The summed E-state index contributed by atoms with van der Waals surface area (Å²) in [5, 5.41) is 8.83. The number of aliphatic carboxylic acids is 1. The molecule has 0 saturated carbocycles. The first-order chi connectivity index (χ1) is 6.52. The van der Waals surface area contributed by atoms with Gasteiger partial charge in [0.05, 0.1) is 5.92 Å². The number of carbonyl (C=O) groups excluding carboxylic acids is 1. The van der Waals surface area contributed by atoms with Crippen molar-refractivity contribution in [3.63, 3.8) is 0 Å². The van der Waals surface area contributed by atoms with Gasteiger partial charge in [0.1, 0.15) is 12.0 Å². The van der Waals surface area contributed by atoms with E-state index >= 15 is 0 Å². The summed E-state index contributed by atoms with van der Waals surface area (Å²) in [5.41, 5.74) is 0. The number of hydrogen-bond donors (Lipinski definition) is 1. The van der Waals surface area contributed by atoms with Crippen LogP contribution in [0.5, 0.6) is 0 Å². The number of carboxylic acids is 1. The molecular weight excluding hydrogens is 204 g/mol. The molecule has 0 bridgehead atoms. The minimum atomic E-state index is -0.878. The lowest BCUT2D eigenvalue weighted by molar-refractivity contribution is -0.158. The van der Waals surface area contributed by atoms with Gasteiger partial charge < -0.3 is 9.84 Å². The smallest absolute Gasteiger partial charge is 0.311 e. The molecule has 1 aliphatic rings. The van der Waals surface area contributed by atoms with E-state index in [0.717, 1.165) is 0 Å². The average Bonchev–Trinajstić information content (AvgIpc) is 2.52. The van der Waals surface area contributed by atoms with E-state index < -0.39 is 18.0 Å². The summed E-state index contributed by atoms with van der Waals surface area (Å²) < 4.78 is 5.11. The van der Waals surface area contributed by atoms with E-state index in [9.17, 15) is 9.59 Å². The van der Waals surface area contributed by atoms with E-state index in [1.54, 1.807) is 13.8 Å². The second-order valence-electron chi connectivity index (χ2n) is 3.61. The highest BCUT2D eigenvalue weighted by Gasteiger charge is 2.36. The molecule has 1 rings (SSSR count). The van der Waals surface area contributed by atoms with Crippen molar-refractivity contribution in [2.45, 2.75) is 20.0 Å². The van der Waals surface area contributed by atoms with Crippen LogP contribution in [-0.2, 0) is 14.3 Å². The Hall–Kier alpha value is -0.710. The number of esters is 1. The number of rotatable bonds is 3. The molecule has 0 spiro atoms. The van der Waals surface area contributed by atoms with Gasteiger partial charge in [-0.25, -0.2) is 0 Å². The highest BCUT2D eigenvalue weighted by atomic mass is 32.2. The number of ether oxygens (including phenoxy) is 1. The normalized spacial score (nSPS) is 26.5. The molecule has 14 heavy (non-hydrogen) atoms. The maximum Gasteiger partial charge on any atom is 0.311 e. The largest absolute Gasteiger partial charge is 0.481 e. The van der Waals surface area contributed by atoms with E-state index in [2.05, 4.69) is 0 Å². The fraction of sp³-hybridized carbons (Fsp3) is 0.778. The first-order valence-corrected chi connectivity index (χ1v) is 5.69. The third-order valence-electron chi connectivity index (χ3n) is 2.08. The van der Waals surface area contributed by atoms with Crippen LogP contribution in [0.15, 0.2) is 0 Å². The van der Waals surface area contributed by atoms with Crippen LogP contribution in [0.4, 0.5) is 0 Å². The number of hydrogen-bond acceptors (Lipinski definition) is 4. The molecule has 0 aromatic carbocycles. The van der Waals surface area contributed by atoms with Crippen LogP contribution in [0.25, 0.3) is 0 Å². The standard InChI is InChI=1S/C9H14O4S/c1-5(2)9(12)13-7-4-14-3-6(7)8(10)11/h5-7H,3-4H2,1-2H3,(H,10,11). The van der Waals surface area contributed by atoms with Crippen molar-refractivity contribution >= 4 is 23.7 Å². The van der Waals surface area contributed by atoms with Crippen LogP contribution >= 0.6 is 11.8 Å². The van der Waals surface area contributed by atoms with Gasteiger partial charge in [0, 0.05) is 11.5 Å². The van der Waals surface area contributed by atoms with E-state index in [0.29, 0.717) is 11.5 Å². The SMILES string of the molecule is CC(C)C(=O)OC1CSCC1C(=O)O. The van der Waals surface area contributed by atoms with E-state index in [-0.39, 0.29) is 11.9 Å². The molecule has 5 heteroatoms. The van der Waals surface area contributed by atoms with Gasteiger partial charge in [0.15, 0.2) is 0 Å². The maximum absolute atomic E-state index is 11.2. The lowest BCUT2D eigenvalue weighted by Gasteiger charge is -2.17. The molecule has 4 nitrogen and oxygen atoms in total. The predicted molar refractivity (Wildman–Crippen MR) is 53.2 cm³/mol. The Bertz CT molecular complexity index is 239. The molecule has 0 aromatic heterocycles. The predicted octanol–water partition coefficient (Wildman–Crippen LogP) is 1.00. The van der Waals surface area contributed by atoms with Crippen LogP contribution < -0.4 is 0 Å². The second kappa shape index (κ2) is 4.68. The van der Waals surface area contributed by atoms with Gasteiger partial charge in [0.25, 0.3) is 0 Å². The van der Waals surface area contributed by atoms with E-state index in [4.69, 9.17) is 9.84 Å². The Morgan fingerprint density at radius 3 is 2.57 bits per heavy atom. The number of thioether (sulfide) groups is 1. The third kappa shape index (κ3) is 2.64. The van der Waals surface area contributed by atoms with Crippen LogP contribution in [0, 0.1) is 11.8 Å². The molecule has 1 heterocycles. The first kappa shape index (κ1) is 11.4. The van der Waals surface area contributed by atoms with Crippen molar-refractivity contribution in [2.75, 3.05) is 11.5 Å². The Labute approximate surface area is 87.0 Å². The Morgan fingerprint density at radius 1 is 1.43 bits per heavy atom. The van der Waals surface area contributed by atoms with E-state index in [1.807, 2.05) is 0 Å². The van der Waals surface area contributed by atoms with E-state index in [1.165, 1.54) is 11.8 Å². The lowest BCUT2D eigenvalue weighted by Crippen LogP contribution is -2.32. The van der Waals surface area contributed by atoms with Crippen LogP contribution in [0.1, 0.15) is 13.8 Å². The van der Waals surface area contributed by atoms with Gasteiger partial charge in [0.2, 0.25) is 0 Å². The molecule has 1 saturated heterocycles. The number of carboxylic acid groups (broad SMARTS) is 1. The molecule has 2 atom stereocenters. The summed E-state index contributed by atoms with van der Waals surface area (Å²) in [6.07, 6.45) is -0.451. The van der Waals surface area contributed by atoms with Gasteiger partial charge in [-0.15, -0.1) is 0 Å². The summed E-state index contributed by atoms with van der Waals surface area (Å²) in [6, 6.07) is 0. The highest BCUT2D eigenvalue weighted by Crippen LogP contribution is 2.27. The zero-order valence-electron chi connectivity index (χ0n) is 8.23. The minimum absolute atomic E-state index is 0.199. The van der Waals surface area contributed by atoms with Crippen LogP contribution in [0.2, 0.25) is 0 Å². The van der Waals surface area contributed by atoms with Crippen molar-refractivity contribution in [1.82, 2.24) is 0 Å². The molecular formula is C9H14O4S. The number of carbonyl (C=O) groups is 2. The third-order valence-corrected chi connectivity index (χ3v) is 3.24. The zero-order valence-corrected chi connectivity index (χ0v) is 9.04. The monoisotopic (exact) mass is 218 g/mol. The minimum Gasteiger partial charge on any atom is -0.481 e. The Morgan fingerprint density at radius 2 is 2.07 bits per heavy atom. The Balaban J connectivity index is 2.51. The fourth-order valence-electron chi connectivity index (χ4n) is 1.17. The zero-order chi connectivity index (χ0) is 10.7. The van der Waals surface area contributed by atoms with Crippen molar-refractivity contribution in [3.05, 3.63) is 0 Å². The molecule has 0 radical (unpaired) electrons. The molecule has 80 valence electrons. The van der Waals surface area contributed by atoms with Gasteiger partial charge in [-0.2, -0.15) is 11.8 Å². The molecule has 0 aromatic rings. The molecule has 0 amide bonds. The van der Waals surface area contributed by atoms with Gasteiger partial charge in [-0.05, 0) is 0 Å². The molecule has 1 fully saturated rings. The summed E-state index contributed by atoms with van der Waals surface area (Å²) in [7, 11) is 0.